The third kappa shape index (κ3) is 6.16. The number of nitrogens with one attached hydrogen (secondary N) is 2. The van der Waals surface area contributed by atoms with Crippen LogP contribution in [-0.2, 0) is 13.0 Å². The maximum atomic E-state index is 5.40. The van der Waals surface area contributed by atoms with Crippen molar-refractivity contribution in [1.82, 2.24) is 15.6 Å². The number of ether oxygens (including phenoxy) is 1. The molecule has 2 N–H and O–H groups in total. The fourth-order valence-electron chi connectivity index (χ4n) is 2.81. The lowest BCUT2D eigenvalue weighted by atomic mass is 10.1. The van der Waals surface area contributed by atoms with E-state index in [0.29, 0.717) is 6.54 Å². The van der Waals surface area contributed by atoms with Crippen molar-refractivity contribution in [3.63, 3.8) is 0 Å². The first kappa shape index (κ1) is 20.6. The van der Waals surface area contributed by atoms with Crippen LogP contribution in [0.4, 0.5) is 5.82 Å². The molecule has 27 heavy (non-hydrogen) atoms. The van der Waals surface area contributed by atoms with Crippen molar-refractivity contribution in [1.29, 1.82) is 0 Å². The van der Waals surface area contributed by atoms with E-state index in [1.54, 1.807) is 7.11 Å². The molecule has 2 rings (SSSR count). The Morgan fingerprint density at radius 3 is 2.74 bits per heavy atom. The molecule has 1 heterocycles. The SMILES string of the molecule is CCNC(=NCc1cccnc1N(C)C)NCCc1ccc(C)c(OC)c1. The highest BCUT2D eigenvalue weighted by Crippen LogP contribution is 2.19. The van der Waals surface area contributed by atoms with Gasteiger partial charge in [-0.15, -0.1) is 0 Å². The van der Waals surface area contributed by atoms with Crippen LogP contribution in [0, 0.1) is 6.92 Å². The van der Waals surface area contributed by atoms with Gasteiger partial charge in [0.2, 0.25) is 0 Å². The van der Waals surface area contributed by atoms with Crippen LogP contribution in [-0.4, -0.2) is 45.2 Å². The highest BCUT2D eigenvalue weighted by atomic mass is 16.5. The number of aryl methyl sites for hydroxylation is 1. The molecule has 0 bridgehead atoms. The number of guanidine groups is 1. The van der Waals surface area contributed by atoms with E-state index >= 15 is 0 Å². The molecule has 0 saturated heterocycles. The zero-order valence-electron chi connectivity index (χ0n) is 17.0. The second-order valence-electron chi connectivity index (χ2n) is 6.56. The van der Waals surface area contributed by atoms with Gasteiger partial charge in [0.1, 0.15) is 11.6 Å². The lowest BCUT2D eigenvalue weighted by Gasteiger charge is -2.16. The van der Waals surface area contributed by atoms with E-state index in [9.17, 15) is 0 Å². The smallest absolute Gasteiger partial charge is 0.191 e. The Morgan fingerprint density at radius 2 is 2.04 bits per heavy atom. The van der Waals surface area contributed by atoms with Gasteiger partial charge in [0.25, 0.3) is 0 Å². The Labute approximate surface area is 162 Å². The zero-order chi connectivity index (χ0) is 19.6. The van der Waals surface area contributed by atoms with Crippen LogP contribution in [0.2, 0.25) is 0 Å². The molecule has 2 aromatic rings. The molecule has 0 unspecified atom stereocenters. The number of methoxy groups -OCH3 is 1. The lowest BCUT2D eigenvalue weighted by Crippen LogP contribution is -2.38. The first-order valence-electron chi connectivity index (χ1n) is 9.32. The second-order valence-corrected chi connectivity index (χ2v) is 6.56. The summed E-state index contributed by atoms with van der Waals surface area (Å²) in [7, 11) is 5.70. The van der Waals surface area contributed by atoms with E-state index in [4.69, 9.17) is 9.73 Å². The van der Waals surface area contributed by atoms with Crippen molar-refractivity contribution in [3.05, 3.63) is 53.2 Å². The van der Waals surface area contributed by atoms with Gasteiger partial charge in [0.05, 0.1) is 13.7 Å². The Morgan fingerprint density at radius 1 is 1.22 bits per heavy atom. The normalized spacial score (nSPS) is 11.2. The van der Waals surface area contributed by atoms with Gasteiger partial charge in [-0.2, -0.15) is 0 Å². The van der Waals surface area contributed by atoms with Crippen LogP contribution in [0.25, 0.3) is 0 Å². The molecule has 0 atom stereocenters. The predicted octanol–water partition coefficient (Wildman–Crippen LogP) is 2.76. The molecule has 0 aliphatic carbocycles. The minimum Gasteiger partial charge on any atom is -0.496 e. The Balaban J connectivity index is 1.98. The van der Waals surface area contributed by atoms with Gasteiger partial charge in [-0.1, -0.05) is 18.2 Å². The third-order valence-corrected chi connectivity index (χ3v) is 4.22. The summed E-state index contributed by atoms with van der Waals surface area (Å²) >= 11 is 0. The van der Waals surface area contributed by atoms with Gasteiger partial charge in [-0.3, -0.25) is 0 Å². The molecule has 0 aliphatic rings. The predicted molar refractivity (Wildman–Crippen MR) is 113 cm³/mol. The van der Waals surface area contributed by atoms with Gasteiger partial charge < -0.3 is 20.3 Å². The number of pyridine rings is 1. The van der Waals surface area contributed by atoms with Crippen molar-refractivity contribution in [2.45, 2.75) is 26.8 Å². The Hall–Kier alpha value is -2.76. The number of aromatic nitrogens is 1. The highest BCUT2D eigenvalue weighted by molar-refractivity contribution is 5.79. The summed E-state index contributed by atoms with van der Waals surface area (Å²) < 4.78 is 5.40. The molecular weight excluding hydrogens is 338 g/mol. The highest BCUT2D eigenvalue weighted by Gasteiger charge is 2.06. The molecule has 0 aliphatic heterocycles. The van der Waals surface area contributed by atoms with E-state index in [2.05, 4.69) is 53.7 Å². The topological polar surface area (TPSA) is 61.8 Å². The summed E-state index contributed by atoms with van der Waals surface area (Å²) in [4.78, 5) is 11.2. The van der Waals surface area contributed by atoms with Crippen LogP contribution in [0.15, 0.2) is 41.5 Å². The molecule has 6 heteroatoms. The molecule has 1 aromatic heterocycles. The summed E-state index contributed by atoms with van der Waals surface area (Å²) in [6.07, 6.45) is 2.71. The summed E-state index contributed by atoms with van der Waals surface area (Å²) in [6.45, 7) is 6.31. The van der Waals surface area contributed by atoms with E-state index < -0.39 is 0 Å². The lowest BCUT2D eigenvalue weighted by molar-refractivity contribution is 0.411. The molecule has 1 aromatic carbocycles. The molecule has 146 valence electrons. The van der Waals surface area contributed by atoms with Crippen molar-refractivity contribution in [3.8, 4) is 5.75 Å². The average Bonchev–Trinajstić information content (AvgIpc) is 2.67. The van der Waals surface area contributed by atoms with E-state index in [1.165, 1.54) is 5.56 Å². The monoisotopic (exact) mass is 369 g/mol. The van der Waals surface area contributed by atoms with Gasteiger partial charge in [-0.25, -0.2) is 9.98 Å². The summed E-state index contributed by atoms with van der Waals surface area (Å²) in [6, 6.07) is 10.3. The van der Waals surface area contributed by atoms with Gasteiger partial charge >= 0.3 is 0 Å². The fourth-order valence-corrected chi connectivity index (χ4v) is 2.81. The van der Waals surface area contributed by atoms with Crippen molar-refractivity contribution < 1.29 is 4.74 Å². The van der Waals surface area contributed by atoms with Crippen LogP contribution >= 0.6 is 0 Å². The minimum atomic E-state index is 0.578. The Kier molecular flexibility index (Phi) is 7.92. The number of hydrogen-bond acceptors (Lipinski definition) is 4. The number of anilines is 1. The van der Waals surface area contributed by atoms with Gasteiger partial charge in [0.15, 0.2) is 5.96 Å². The van der Waals surface area contributed by atoms with Crippen molar-refractivity contribution in [2.24, 2.45) is 4.99 Å². The van der Waals surface area contributed by atoms with Gasteiger partial charge in [-0.05, 0) is 43.5 Å². The van der Waals surface area contributed by atoms with Crippen molar-refractivity contribution in [2.75, 3.05) is 39.2 Å². The number of hydrogen-bond donors (Lipinski definition) is 2. The quantitative estimate of drug-likeness (QED) is 0.553. The fraction of sp³-hybridized carbons (Fsp3) is 0.429. The first-order chi connectivity index (χ1) is 13.0. The maximum absolute atomic E-state index is 5.40. The molecule has 6 nitrogen and oxygen atoms in total. The largest absolute Gasteiger partial charge is 0.496 e. The zero-order valence-corrected chi connectivity index (χ0v) is 17.0. The molecule has 0 fully saturated rings. The van der Waals surface area contributed by atoms with Crippen LogP contribution in [0.1, 0.15) is 23.6 Å². The number of nitrogens with zero attached hydrogens (tertiary/aromatic N) is 3. The van der Waals surface area contributed by atoms with E-state index in [0.717, 1.165) is 48.2 Å². The van der Waals surface area contributed by atoms with E-state index in [1.807, 2.05) is 31.3 Å². The van der Waals surface area contributed by atoms with E-state index in [-0.39, 0.29) is 0 Å². The standard InChI is InChI=1S/C21H31N5O/c1-6-22-21(25-15-18-8-7-12-23-20(18)26(3)4)24-13-11-17-10-9-16(2)19(14-17)27-5/h7-10,12,14H,6,11,13,15H2,1-5H3,(H2,22,24,25). The second kappa shape index (κ2) is 10.4. The number of aliphatic imine (C=N–C) groups is 1. The average molecular weight is 370 g/mol. The summed E-state index contributed by atoms with van der Waals surface area (Å²) in [5.41, 5.74) is 3.49. The first-order valence-corrected chi connectivity index (χ1v) is 9.32. The van der Waals surface area contributed by atoms with Crippen LogP contribution < -0.4 is 20.3 Å². The van der Waals surface area contributed by atoms with Crippen molar-refractivity contribution >= 4 is 11.8 Å². The molecule has 0 saturated carbocycles. The maximum Gasteiger partial charge on any atom is 0.191 e. The number of benzene rings is 1. The third-order valence-electron chi connectivity index (χ3n) is 4.22. The van der Waals surface area contributed by atoms with Crippen LogP contribution in [0.3, 0.4) is 0 Å². The van der Waals surface area contributed by atoms with Gasteiger partial charge in [0, 0.05) is 38.9 Å². The molecule has 0 spiro atoms. The Bertz CT molecular complexity index is 758. The van der Waals surface area contributed by atoms with Crippen LogP contribution in [0.5, 0.6) is 5.75 Å². The molecular formula is C21H31N5O. The molecule has 0 radical (unpaired) electrons. The summed E-state index contributed by atoms with van der Waals surface area (Å²) in [5, 5.41) is 6.70. The summed E-state index contributed by atoms with van der Waals surface area (Å²) in [5.74, 6) is 2.69. The minimum absolute atomic E-state index is 0.578. The molecule has 0 amide bonds. The number of rotatable bonds is 8.